The van der Waals surface area contributed by atoms with Gasteiger partial charge in [0, 0.05) is 6.54 Å². The van der Waals surface area contributed by atoms with Crippen LogP contribution >= 0.6 is 0 Å². The van der Waals surface area contributed by atoms with E-state index in [0.717, 1.165) is 5.56 Å². The molecule has 0 saturated heterocycles. The molecule has 24 heavy (non-hydrogen) atoms. The van der Waals surface area contributed by atoms with Crippen LogP contribution in [-0.2, 0) is 16.6 Å². The van der Waals surface area contributed by atoms with Crippen LogP contribution in [0.15, 0.2) is 50.5 Å². The number of hydrogen-bond donors (Lipinski definition) is 2. The summed E-state index contributed by atoms with van der Waals surface area (Å²) in [7, 11) is -3.74. The van der Waals surface area contributed by atoms with Gasteiger partial charge in [0.2, 0.25) is 16.8 Å². The maximum atomic E-state index is 12.4. The van der Waals surface area contributed by atoms with Crippen molar-refractivity contribution in [3.05, 3.63) is 52.5 Å². The molecule has 0 spiro atoms. The summed E-state index contributed by atoms with van der Waals surface area (Å²) >= 11 is 0. The number of hydrogen-bond acceptors (Lipinski definition) is 6. The molecule has 124 valence electrons. The van der Waals surface area contributed by atoms with E-state index in [1.54, 1.807) is 18.2 Å². The van der Waals surface area contributed by atoms with E-state index >= 15 is 0 Å². The molecule has 0 aliphatic carbocycles. The molecule has 9 heteroatoms. The molecule has 4 rings (SSSR count). The average molecular weight is 348 g/mol. The monoisotopic (exact) mass is 348 g/mol. The summed E-state index contributed by atoms with van der Waals surface area (Å²) in [5, 5.41) is 0. The molecule has 8 nitrogen and oxygen atoms in total. The smallest absolute Gasteiger partial charge is 0.417 e. The number of fused-ring (bicyclic) bond motifs is 2. The molecular weight excluding hydrogens is 336 g/mol. The Morgan fingerprint density at radius 3 is 2.79 bits per heavy atom. The molecular formula is C15H12N2O6S. The summed E-state index contributed by atoms with van der Waals surface area (Å²) in [6, 6.07) is 9.37. The first-order valence-electron chi connectivity index (χ1n) is 7.02. The van der Waals surface area contributed by atoms with Crippen LogP contribution < -0.4 is 20.0 Å². The molecule has 0 fully saturated rings. The number of aromatic nitrogens is 1. The first-order valence-corrected chi connectivity index (χ1v) is 8.51. The molecule has 0 radical (unpaired) electrons. The zero-order valence-corrected chi connectivity index (χ0v) is 13.1. The summed E-state index contributed by atoms with van der Waals surface area (Å²) in [4.78, 5) is 13.6. The van der Waals surface area contributed by atoms with Crippen molar-refractivity contribution < 1.29 is 22.3 Å². The van der Waals surface area contributed by atoms with Gasteiger partial charge in [-0.25, -0.2) is 17.9 Å². The second kappa shape index (κ2) is 5.39. The number of H-pyrrole nitrogens is 1. The minimum atomic E-state index is -3.74. The Kier molecular flexibility index (Phi) is 3.32. The van der Waals surface area contributed by atoms with Crippen molar-refractivity contribution in [3.8, 4) is 11.5 Å². The number of aromatic amines is 1. The third-order valence-electron chi connectivity index (χ3n) is 3.60. The van der Waals surface area contributed by atoms with Crippen LogP contribution in [0, 0.1) is 0 Å². The highest BCUT2D eigenvalue weighted by Crippen LogP contribution is 2.32. The molecule has 0 saturated carbocycles. The highest BCUT2D eigenvalue weighted by molar-refractivity contribution is 7.89. The zero-order chi connectivity index (χ0) is 16.7. The fourth-order valence-electron chi connectivity index (χ4n) is 2.41. The molecule has 0 amide bonds. The van der Waals surface area contributed by atoms with E-state index in [1.807, 2.05) is 0 Å². The molecule has 2 aromatic carbocycles. The number of nitrogens with one attached hydrogen (secondary N) is 2. The SMILES string of the molecule is O=c1[nH]c2cc(S(=O)(=O)NCc3ccc4c(c3)OCO4)ccc2o1. The van der Waals surface area contributed by atoms with Gasteiger partial charge in [-0.05, 0) is 35.9 Å². The predicted molar refractivity (Wildman–Crippen MR) is 83.4 cm³/mol. The van der Waals surface area contributed by atoms with Gasteiger partial charge in [0.1, 0.15) is 0 Å². The van der Waals surface area contributed by atoms with Gasteiger partial charge in [-0.2, -0.15) is 0 Å². The number of ether oxygens (including phenoxy) is 2. The molecule has 2 heterocycles. The second-order valence-corrected chi connectivity index (χ2v) is 6.95. The number of rotatable bonds is 4. The summed E-state index contributed by atoms with van der Waals surface area (Å²) in [5.41, 5.74) is 1.36. The van der Waals surface area contributed by atoms with Crippen molar-refractivity contribution in [2.24, 2.45) is 0 Å². The lowest BCUT2D eigenvalue weighted by atomic mass is 10.2. The standard InChI is InChI=1S/C15H12N2O6S/c18-15-17-11-6-10(2-4-12(11)23-15)24(19,20)16-7-9-1-3-13-14(5-9)22-8-21-13/h1-6,16H,7-8H2,(H,17,18). The van der Waals surface area contributed by atoms with Crippen molar-refractivity contribution >= 4 is 21.1 Å². The Bertz CT molecular complexity index is 1080. The third kappa shape index (κ3) is 2.63. The van der Waals surface area contributed by atoms with Crippen LogP contribution in [-0.4, -0.2) is 20.2 Å². The van der Waals surface area contributed by atoms with Crippen molar-refractivity contribution in [1.29, 1.82) is 0 Å². The van der Waals surface area contributed by atoms with E-state index < -0.39 is 15.8 Å². The topological polar surface area (TPSA) is 111 Å². The molecule has 3 aromatic rings. The normalized spacial score (nSPS) is 13.5. The largest absolute Gasteiger partial charge is 0.454 e. The van der Waals surface area contributed by atoms with Crippen molar-refractivity contribution in [2.45, 2.75) is 11.4 Å². The summed E-state index contributed by atoms with van der Waals surface area (Å²) in [6.45, 7) is 0.256. The van der Waals surface area contributed by atoms with Crippen LogP contribution in [0.2, 0.25) is 0 Å². The number of benzene rings is 2. The Labute approximate surface area is 136 Å². The minimum Gasteiger partial charge on any atom is -0.454 e. The number of sulfonamides is 1. The van der Waals surface area contributed by atoms with Crippen LogP contribution in [0.5, 0.6) is 11.5 Å². The Hall–Kier alpha value is -2.78. The van der Waals surface area contributed by atoms with Gasteiger partial charge in [0.15, 0.2) is 17.1 Å². The van der Waals surface area contributed by atoms with Gasteiger partial charge < -0.3 is 13.9 Å². The maximum Gasteiger partial charge on any atom is 0.417 e. The molecule has 0 atom stereocenters. The fraction of sp³-hybridized carbons (Fsp3) is 0.133. The van der Waals surface area contributed by atoms with Crippen LogP contribution in [0.25, 0.3) is 11.1 Å². The first kappa shape index (κ1) is 14.8. The lowest BCUT2D eigenvalue weighted by Gasteiger charge is -2.07. The maximum absolute atomic E-state index is 12.4. The lowest BCUT2D eigenvalue weighted by molar-refractivity contribution is 0.174. The lowest BCUT2D eigenvalue weighted by Crippen LogP contribution is -2.23. The van der Waals surface area contributed by atoms with Gasteiger partial charge in [-0.3, -0.25) is 4.98 Å². The van der Waals surface area contributed by atoms with Crippen molar-refractivity contribution in [2.75, 3.05) is 6.79 Å². The van der Waals surface area contributed by atoms with E-state index in [2.05, 4.69) is 9.71 Å². The van der Waals surface area contributed by atoms with Crippen LogP contribution in [0.3, 0.4) is 0 Å². The van der Waals surface area contributed by atoms with E-state index in [4.69, 9.17) is 13.9 Å². The quantitative estimate of drug-likeness (QED) is 0.736. The molecule has 0 bridgehead atoms. The van der Waals surface area contributed by atoms with Gasteiger partial charge in [-0.15, -0.1) is 0 Å². The fourth-order valence-corrected chi connectivity index (χ4v) is 3.45. The van der Waals surface area contributed by atoms with Gasteiger partial charge in [-0.1, -0.05) is 6.07 Å². The highest BCUT2D eigenvalue weighted by atomic mass is 32.2. The second-order valence-electron chi connectivity index (χ2n) is 5.18. The predicted octanol–water partition coefficient (Wildman–Crippen LogP) is 1.33. The van der Waals surface area contributed by atoms with Gasteiger partial charge in [0.25, 0.3) is 0 Å². The molecule has 1 aromatic heterocycles. The summed E-state index contributed by atoms with van der Waals surface area (Å²) in [6.07, 6.45) is 0. The highest BCUT2D eigenvalue weighted by Gasteiger charge is 2.17. The average Bonchev–Trinajstić information content (AvgIpc) is 3.16. The Balaban J connectivity index is 1.56. The summed E-state index contributed by atoms with van der Waals surface area (Å²) in [5.74, 6) is 0.591. The third-order valence-corrected chi connectivity index (χ3v) is 5.00. The summed E-state index contributed by atoms with van der Waals surface area (Å²) < 4.78 is 42.6. The van der Waals surface area contributed by atoms with Crippen molar-refractivity contribution in [1.82, 2.24) is 9.71 Å². The van der Waals surface area contributed by atoms with Gasteiger partial charge >= 0.3 is 5.76 Å². The van der Waals surface area contributed by atoms with Gasteiger partial charge in [0.05, 0.1) is 10.4 Å². The molecule has 2 N–H and O–H groups in total. The van der Waals surface area contributed by atoms with Crippen LogP contribution in [0.1, 0.15) is 5.56 Å². The molecule has 0 unspecified atom stereocenters. The minimum absolute atomic E-state index is 0.0350. The Morgan fingerprint density at radius 2 is 1.92 bits per heavy atom. The number of oxazole rings is 1. The van der Waals surface area contributed by atoms with E-state index in [0.29, 0.717) is 22.6 Å². The van der Waals surface area contributed by atoms with E-state index in [1.165, 1.54) is 18.2 Å². The molecule has 1 aliphatic heterocycles. The Morgan fingerprint density at radius 1 is 1.08 bits per heavy atom. The van der Waals surface area contributed by atoms with Crippen LogP contribution in [0.4, 0.5) is 0 Å². The zero-order valence-electron chi connectivity index (χ0n) is 12.2. The molecule has 1 aliphatic rings. The van der Waals surface area contributed by atoms with Crippen molar-refractivity contribution in [3.63, 3.8) is 0 Å². The van der Waals surface area contributed by atoms with E-state index in [9.17, 15) is 13.2 Å². The van der Waals surface area contributed by atoms with E-state index in [-0.39, 0.29) is 18.2 Å². The first-order chi connectivity index (χ1) is 11.5.